The van der Waals surface area contributed by atoms with E-state index in [0.29, 0.717) is 6.04 Å². The molecule has 0 spiro atoms. The number of rotatable bonds is 5. The topological polar surface area (TPSA) is 3.24 Å². The molecular weight excluding hydrogens is 218 g/mol. The van der Waals surface area contributed by atoms with E-state index in [1.807, 2.05) is 0 Å². The molecular formula is C14H24ClN. The molecule has 1 atom stereocenters. The number of benzene rings is 1. The smallest absolute Gasteiger partial charge is 0.0345 e. The summed E-state index contributed by atoms with van der Waals surface area (Å²) in [6.45, 7) is 11.1. The van der Waals surface area contributed by atoms with Crippen LogP contribution in [0.3, 0.4) is 0 Å². The van der Waals surface area contributed by atoms with Crippen LogP contribution in [0.5, 0.6) is 0 Å². The van der Waals surface area contributed by atoms with Gasteiger partial charge in [-0.2, -0.15) is 0 Å². The number of aryl methyl sites for hydroxylation is 1. The molecule has 1 aromatic rings. The molecule has 0 radical (unpaired) electrons. The van der Waals surface area contributed by atoms with E-state index in [-0.39, 0.29) is 12.4 Å². The fourth-order valence-corrected chi connectivity index (χ4v) is 2.16. The van der Waals surface area contributed by atoms with Crippen LogP contribution in [0.25, 0.3) is 0 Å². The van der Waals surface area contributed by atoms with E-state index < -0.39 is 0 Å². The highest BCUT2D eigenvalue weighted by atomic mass is 35.5. The first-order valence-corrected chi connectivity index (χ1v) is 6.03. The van der Waals surface area contributed by atoms with Crippen LogP contribution < -0.4 is 0 Å². The Kier molecular flexibility index (Phi) is 7.44. The molecule has 0 saturated heterocycles. The fraction of sp³-hybridized carbons (Fsp3) is 0.571. The van der Waals surface area contributed by atoms with Gasteiger partial charge in [-0.1, -0.05) is 50.6 Å². The Bertz CT molecular complexity index is 277. The van der Waals surface area contributed by atoms with Gasteiger partial charge in [0.25, 0.3) is 0 Å². The van der Waals surface area contributed by atoms with Gasteiger partial charge in [0.05, 0.1) is 0 Å². The van der Waals surface area contributed by atoms with Crippen molar-refractivity contribution >= 4 is 12.4 Å². The summed E-state index contributed by atoms with van der Waals surface area (Å²) in [5, 5.41) is 0. The number of hydrogen-bond donors (Lipinski definition) is 0. The Morgan fingerprint density at radius 2 is 1.50 bits per heavy atom. The Hall–Kier alpha value is -0.530. The molecule has 0 heterocycles. The lowest BCUT2D eigenvalue weighted by Gasteiger charge is -2.29. The zero-order valence-corrected chi connectivity index (χ0v) is 11.7. The van der Waals surface area contributed by atoms with E-state index in [4.69, 9.17) is 0 Å². The average Bonchev–Trinajstić information content (AvgIpc) is 2.27. The van der Waals surface area contributed by atoms with Crippen LogP contribution >= 0.6 is 12.4 Å². The Morgan fingerprint density at radius 1 is 1.00 bits per heavy atom. The first-order chi connectivity index (χ1) is 7.22. The fourth-order valence-electron chi connectivity index (χ4n) is 2.16. The average molecular weight is 242 g/mol. The van der Waals surface area contributed by atoms with E-state index in [9.17, 15) is 0 Å². The SMILES string of the molecule is CCC(c1ccc(C)cc1)N(CC)CC.Cl. The first-order valence-electron chi connectivity index (χ1n) is 6.03. The third-order valence-corrected chi connectivity index (χ3v) is 3.10. The first kappa shape index (κ1) is 15.5. The lowest BCUT2D eigenvalue weighted by atomic mass is 10.0. The number of nitrogens with zero attached hydrogens (tertiary/aromatic N) is 1. The maximum Gasteiger partial charge on any atom is 0.0345 e. The Labute approximate surface area is 106 Å². The Morgan fingerprint density at radius 3 is 1.88 bits per heavy atom. The molecule has 0 fully saturated rings. The summed E-state index contributed by atoms with van der Waals surface area (Å²) in [5.41, 5.74) is 2.79. The van der Waals surface area contributed by atoms with Crippen LogP contribution in [-0.2, 0) is 0 Å². The molecule has 0 bridgehead atoms. The minimum Gasteiger partial charge on any atom is -0.297 e. The van der Waals surface area contributed by atoms with Gasteiger partial charge in [0.15, 0.2) is 0 Å². The van der Waals surface area contributed by atoms with Gasteiger partial charge in [-0.3, -0.25) is 4.90 Å². The van der Waals surface area contributed by atoms with Gasteiger partial charge in [0, 0.05) is 6.04 Å². The lowest BCUT2D eigenvalue weighted by Crippen LogP contribution is -2.27. The van der Waals surface area contributed by atoms with E-state index in [0.717, 1.165) is 13.1 Å². The standard InChI is InChI=1S/C14H23N.ClH/c1-5-14(15(6-2)7-3)13-10-8-12(4)9-11-13;/h8-11,14H,5-7H2,1-4H3;1H. The van der Waals surface area contributed by atoms with Crippen molar-refractivity contribution in [1.82, 2.24) is 4.90 Å². The second-order valence-electron chi connectivity index (χ2n) is 4.06. The summed E-state index contributed by atoms with van der Waals surface area (Å²) >= 11 is 0. The summed E-state index contributed by atoms with van der Waals surface area (Å²) in [6, 6.07) is 9.53. The third-order valence-electron chi connectivity index (χ3n) is 3.10. The number of hydrogen-bond acceptors (Lipinski definition) is 1. The van der Waals surface area contributed by atoms with Gasteiger partial charge >= 0.3 is 0 Å². The second kappa shape index (κ2) is 7.70. The maximum atomic E-state index is 2.52. The molecule has 0 aliphatic rings. The molecule has 2 heteroatoms. The van der Waals surface area contributed by atoms with E-state index in [2.05, 4.69) is 56.9 Å². The second-order valence-corrected chi connectivity index (χ2v) is 4.06. The molecule has 92 valence electrons. The molecule has 0 amide bonds. The highest BCUT2D eigenvalue weighted by Gasteiger charge is 2.14. The zero-order valence-electron chi connectivity index (χ0n) is 10.9. The van der Waals surface area contributed by atoms with Crippen molar-refractivity contribution in [3.63, 3.8) is 0 Å². The molecule has 1 aromatic carbocycles. The predicted octanol–water partition coefficient (Wildman–Crippen LogP) is 4.21. The van der Waals surface area contributed by atoms with Crippen LogP contribution in [0.2, 0.25) is 0 Å². The molecule has 1 unspecified atom stereocenters. The Balaban J connectivity index is 0.00000225. The van der Waals surface area contributed by atoms with E-state index in [1.54, 1.807) is 0 Å². The van der Waals surface area contributed by atoms with Gasteiger partial charge < -0.3 is 0 Å². The van der Waals surface area contributed by atoms with Crippen LogP contribution in [0.4, 0.5) is 0 Å². The molecule has 0 aliphatic heterocycles. The highest BCUT2D eigenvalue weighted by Crippen LogP contribution is 2.23. The minimum absolute atomic E-state index is 0. The molecule has 0 N–H and O–H groups in total. The molecule has 16 heavy (non-hydrogen) atoms. The summed E-state index contributed by atoms with van der Waals surface area (Å²) in [6.07, 6.45) is 1.19. The van der Waals surface area contributed by atoms with Gasteiger partial charge in [-0.25, -0.2) is 0 Å². The van der Waals surface area contributed by atoms with Crippen molar-refractivity contribution in [3.8, 4) is 0 Å². The zero-order chi connectivity index (χ0) is 11.3. The minimum atomic E-state index is 0. The highest BCUT2D eigenvalue weighted by molar-refractivity contribution is 5.85. The molecule has 0 saturated carbocycles. The third kappa shape index (κ3) is 3.80. The van der Waals surface area contributed by atoms with Crippen LogP contribution in [0, 0.1) is 6.92 Å². The van der Waals surface area contributed by atoms with Crippen molar-refractivity contribution in [2.24, 2.45) is 0 Å². The van der Waals surface area contributed by atoms with Gasteiger partial charge in [-0.15, -0.1) is 12.4 Å². The van der Waals surface area contributed by atoms with Gasteiger partial charge in [-0.05, 0) is 32.0 Å². The number of halogens is 1. The van der Waals surface area contributed by atoms with E-state index in [1.165, 1.54) is 17.5 Å². The van der Waals surface area contributed by atoms with Gasteiger partial charge in [0.1, 0.15) is 0 Å². The molecule has 1 rings (SSSR count). The monoisotopic (exact) mass is 241 g/mol. The molecule has 1 nitrogen and oxygen atoms in total. The van der Waals surface area contributed by atoms with E-state index >= 15 is 0 Å². The summed E-state index contributed by atoms with van der Waals surface area (Å²) in [5.74, 6) is 0. The van der Waals surface area contributed by atoms with Crippen molar-refractivity contribution < 1.29 is 0 Å². The predicted molar refractivity (Wildman–Crippen MR) is 74.4 cm³/mol. The van der Waals surface area contributed by atoms with Crippen molar-refractivity contribution in [1.29, 1.82) is 0 Å². The summed E-state index contributed by atoms with van der Waals surface area (Å²) < 4.78 is 0. The quantitative estimate of drug-likeness (QED) is 0.747. The summed E-state index contributed by atoms with van der Waals surface area (Å²) in [4.78, 5) is 2.52. The largest absolute Gasteiger partial charge is 0.297 e. The normalized spacial score (nSPS) is 12.3. The van der Waals surface area contributed by atoms with Crippen molar-refractivity contribution in [3.05, 3.63) is 35.4 Å². The van der Waals surface area contributed by atoms with Crippen molar-refractivity contribution in [2.45, 2.75) is 40.2 Å². The molecule has 0 aliphatic carbocycles. The maximum absolute atomic E-state index is 2.52. The molecule has 0 aromatic heterocycles. The van der Waals surface area contributed by atoms with Crippen LogP contribution in [0.15, 0.2) is 24.3 Å². The van der Waals surface area contributed by atoms with Crippen molar-refractivity contribution in [2.75, 3.05) is 13.1 Å². The lowest BCUT2D eigenvalue weighted by molar-refractivity contribution is 0.213. The van der Waals surface area contributed by atoms with Crippen LogP contribution in [-0.4, -0.2) is 18.0 Å². The van der Waals surface area contributed by atoms with Gasteiger partial charge in [0.2, 0.25) is 0 Å². The summed E-state index contributed by atoms with van der Waals surface area (Å²) in [7, 11) is 0. The van der Waals surface area contributed by atoms with Crippen LogP contribution in [0.1, 0.15) is 44.4 Å².